The number of hydrogen-bond acceptors (Lipinski definition) is 11. The Morgan fingerprint density at radius 2 is 1.03 bits per heavy atom. The number of amides is 1. The smallest absolute Gasteiger partial charge is 0.276 e. The molecule has 16 heteroatoms. The van der Waals surface area contributed by atoms with E-state index in [2.05, 4.69) is 190 Å². The molecular weight excluding hydrogens is 1540 g/mol. The molecule has 0 heterocycles. The molecule has 117 heavy (non-hydrogen) atoms. The first-order valence-electron chi connectivity index (χ1n) is 39.3. The molecule has 612 valence electrons. The zero-order valence-electron chi connectivity index (χ0n) is 68.9. The minimum atomic E-state index is -3.75. The summed E-state index contributed by atoms with van der Waals surface area (Å²) in [4.78, 5) is 48.7. The van der Waals surface area contributed by atoms with Crippen LogP contribution in [-0.2, 0) is 87.7 Å². The molecule has 10 rings (SSSR count). The van der Waals surface area contributed by atoms with E-state index in [4.69, 9.17) is 17.4 Å². The fraction of sp³-hybridized carbons (Fsp3) is 0.297. The summed E-state index contributed by atoms with van der Waals surface area (Å²) in [6, 6.07) is 58.1. The molecular formula is C101H116N3O8PS4. The maximum atomic E-state index is 12.9. The average molecular weight is 1660 g/mol. The molecule has 1 atom stereocenters. The van der Waals surface area contributed by atoms with E-state index in [-0.39, 0.29) is 35.9 Å². The third kappa shape index (κ3) is 42.2. The van der Waals surface area contributed by atoms with Gasteiger partial charge in [-0.15, -0.1) is 47.6 Å². The third-order valence-corrected chi connectivity index (χ3v) is 20.7. The van der Waals surface area contributed by atoms with Gasteiger partial charge in [0, 0.05) is 105 Å². The van der Waals surface area contributed by atoms with E-state index in [1.54, 1.807) is 62.1 Å². The van der Waals surface area contributed by atoms with Gasteiger partial charge >= 0.3 is 0 Å². The van der Waals surface area contributed by atoms with E-state index < -0.39 is 17.4 Å². The number of hydrogen-bond donors (Lipinski definition) is 1. The van der Waals surface area contributed by atoms with Crippen molar-refractivity contribution < 1.29 is 36.7 Å². The van der Waals surface area contributed by atoms with Gasteiger partial charge in [0.1, 0.15) is 6.29 Å². The average Bonchev–Trinajstić information content (AvgIpc) is 1.72. The maximum absolute atomic E-state index is 12.9. The van der Waals surface area contributed by atoms with Crippen molar-refractivity contribution in [3.63, 3.8) is 0 Å². The molecule has 2 aliphatic rings. The highest BCUT2D eigenvalue weighted by Crippen LogP contribution is 2.46. The Hall–Kier alpha value is -10.6. The van der Waals surface area contributed by atoms with Crippen LogP contribution in [0.4, 0.5) is 0 Å². The number of terminal acetylenes is 2. The normalized spacial score (nSPS) is 11.5. The summed E-state index contributed by atoms with van der Waals surface area (Å²) in [6.45, 7) is 20.0. The molecule has 1 amide bonds. The van der Waals surface area contributed by atoms with Gasteiger partial charge in [0.2, 0.25) is 19.1 Å². The van der Waals surface area contributed by atoms with Crippen LogP contribution in [0.3, 0.4) is 0 Å². The second kappa shape index (κ2) is 62.7. The largest absolute Gasteiger partial charge is 0.349 e. The Morgan fingerprint density at radius 3 is 1.51 bits per heavy atom. The number of benzene rings is 8. The fourth-order valence-electron chi connectivity index (χ4n) is 12.1. The van der Waals surface area contributed by atoms with E-state index in [1.807, 2.05) is 117 Å². The Morgan fingerprint density at radius 1 is 0.581 bits per heavy atom. The number of aryl methyl sites for hydroxylation is 3. The number of nitrogens with zero attached hydrogens (tertiary/aromatic N) is 2. The molecule has 8 aromatic rings. The van der Waals surface area contributed by atoms with Crippen LogP contribution in [-0.4, -0.2) is 70.2 Å². The van der Waals surface area contributed by atoms with Crippen molar-refractivity contribution in [3.8, 4) is 36.5 Å². The highest BCUT2D eigenvalue weighted by atomic mass is 32.8. The second-order valence-electron chi connectivity index (χ2n) is 27.1. The third-order valence-electron chi connectivity index (χ3n) is 17.7. The van der Waals surface area contributed by atoms with Gasteiger partial charge < -0.3 is 14.2 Å². The second-order valence-corrected chi connectivity index (χ2v) is 31.3. The molecule has 0 saturated heterocycles. The number of carbonyl (C=O) groups is 4. The van der Waals surface area contributed by atoms with E-state index in [9.17, 15) is 32.2 Å². The van der Waals surface area contributed by atoms with Crippen molar-refractivity contribution in [1.29, 1.82) is 0 Å². The number of hydrazone groups is 1. The lowest BCUT2D eigenvalue weighted by molar-refractivity contribution is -0.128. The van der Waals surface area contributed by atoms with Gasteiger partial charge in [-0.1, -0.05) is 226 Å². The van der Waals surface area contributed by atoms with Crippen LogP contribution in [0.2, 0.25) is 0 Å². The molecule has 0 spiro atoms. The highest BCUT2D eigenvalue weighted by molar-refractivity contribution is 8.07. The van der Waals surface area contributed by atoms with Crippen molar-refractivity contribution in [3.05, 3.63) is 317 Å². The minimum absolute atomic E-state index is 0. The standard InChI is InChI=1S/C26H26N2O2S.C19H18O.C19H20O.C13H14.C10H15O2P.C8H13NO.C6H8O.S2.H2S/c1-3-4-5-13-25(27-28-31(29,30)22-16-14-19(2)15-17-22)26-23-11-7-6-9-20(23)18-21-10-8-12-24(21)26;1-2-3-4-12-18(20)19-16-10-6-5-8-14(16)13-15-9-7-11-17(15)19;1-2-3-8-16-19(20)17-12-6-4-5-9-13-18-14-10-7-11-15-18;1-2-3-4-5-7-10-13-11-8-6-9-12-13;1-3-12-13(2,11)9-10-7-5-4-6-8-10;1-4-5-6-7-8(10)9(2)3;1-2-3-4-5-6-7;1-2;/h4,6-7,9,11,14-18,28H,1,5,8,10,12-13H2,2H3;3,5-6,8,10,13H,1,4,7,9,11-12H2;3,7,9-11,13-15H,1,4-6,8,16H2;1,6-12H,3-5H2;4-8H,3,9H2,1-2H3;5H,1,6-7H2,2-3H3;1,6H,3-5H2;;1H2/b27-25+;;13-9+;10-7+;;;;;. The summed E-state index contributed by atoms with van der Waals surface area (Å²) in [6.07, 6.45) is 46.6. The monoisotopic (exact) mass is 1660 g/mol. The van der Waals surface area contributed by atoms with Crippen molar-refractivity contribution in [2.75, 3.05) is 27.4 Å². The van der Waals surface area contributed by atoms with E-state index >= 15 is 0 Å². The zero-order chi connectivity index (χ0) is 84.9. The molecule has 1 unspecified atom stereocenters. The van der Waals surface area contributed by atoms with Crippen molar-refractivity contribution >= 4 is 116 Å². The number of allylic oxidation sites excluding steroid dienone is 6. The predicted octanol–water partition coefficient (Wildman–Crippen LogP) is 23.6. The SMILES string of the molecule is C#CCCC/C=C/c1ccccc1.C#CCCCC=O.C=C=CCC/C(=N\NS(=O)(=O)c1ccc(C)cc1)c1c2c(cc3ccccc13)CCC2.C=C=CCCC(=O)C#CCCC/C=C/c1ccccc1.C=C=CCCC(=O)N(C)C.C=C=CCCC(=O)c1c2c(cc3ccccc13)CCC2.CCOP(C)(=O)Cc1ccccc1.S.S=S. The van der Waals surface area contributed by atoms with Gasteiger partial charge in [-0.2, -0.15) is 31.8 Å². The Balaban J connectivity index is 0.000000482. The van der Waals surface area contributed by atoms with Crippen LogP contribution in [0.1, 0.15) is 189 Å². The van der Waals surface area contributed by atoms with E-state index in [1.165, 1.54) is 45.2 Å². The van der Waals surface area contributed by atoms with Crippen LogP contribution in [0, 0.1) is 43.5 Å². The first-order valence-corrected chi connectivity index (χ1v) is 44.4. The number of nitrogens with one attached hydrogen (secondary N) is 1. The lowest BCUT2D eigenvalue weighted by atomic mass is 9.91. The number of ketones is 2. The molecule has 1 N–H and O–H groups in total. The summed E-state index contributed by atoms with van der Waals surface area (Å²) in [5, 5.41) is 9.05. The van der Waals surface area contributed by atoms with Crippen LogP contribution in [0.5, 0.6) is 0 Å². The highest BCUT2D eigenvalue weighted by Gasteiger charge is 2.24. The first kappa shape index (κ1) is 102. The number of Topliss-reactive ketones (excluding diaryl/α,β-unsaturated/α-hetero) is 2. The number of unbranched alkanes of at least 4 members (excludes halogenated alkanes) is 6. The zero-order valence-corrected chi connectivity index (χ0v) is 73.3. The molecule has 2 aliphatic carbocycles. The van der Waals surface area contributed by atoms with Gasteiger partial charge in [-0.3, -0.25) is 18.9 Å². The molecule has 0 aromatic heterocycles. The van der Waals surface area contributed by atoms with Crippen LogP contribution < -0.4 is 4.83 Å². The molecule has 0 saturated carbocycles. The predicted molar refractivity (Wildman–Crippen MR) is 504 cm³/mol. The van der Waals surface area contributed by atoms with E-state index in [0.717, 1.165) is 147 Å². The molecule has 0 fully saturated rings. The summed E-state index contributed by atoms with van der Waals surface area (Å²) in [5.74, 6) is 11.1. The lowest BCUT2D eigenvalue weighted by Crippen LogP contribution is -2.21. The maximum Gasteiger partial charge on any atom is 0.276 e. The summed E-state index contributed by atoms with van der Waals surface area (Å²) in [7, 11) is -2.67. The van der Waals surface area contributed by atoms with Crippen LogP contribution in [0.25, 0.3) is 33.7 Å². The molecule has 11 nitrogen and oxygen atoms in total. The van der Waals surface area contributed by atoms with Gasteiger partial charge in [-0.05, 0) is 219 Å². The molecule has 0 aliphatic heterocycles. The number of aldehydes is 1. The lowest BCUT2D eigenvalue weighted by Gasteiger charge is -2.16. The van der Waals surface area contributed by atoms with Crippen molar-refractivity contribution in [2.45, 2.75) is 173 Å². The molecule has 0 bridgehead atoms. The first-order chi connectivity index (χ1) is 56.3. The minimum Gasteiger partial charge on any atom is -0.349 e. The van der Waals surface area contributed by atoms with Crippen LogP contribution >= 0.6 is 20.9 Å². The van der Waals surface area contributed by atoms with Gasteiger partial charge in [0.25, 0.3) is 10.0 Å². The quantitative estimate of drug-likeness (QED) is 0.00495. The van der Waals surface area contributed by atoms with Crippen molar-refractivity contribution in [2.24, 2.45) is 5.10 Å². The molecule has 8 aromatic carbocycles. The Labute approximate surface area is 716 Å². The molecule has 0 radical (unpaired) electrons. The number of carbonyl (C=O) groups excluding carboxylic acids is 4. The van der Waals surface area contributed by atoms with Crippen LogP contribution in [0.15, 0.2) is 272 Å². The summed E-state index contributed by atoms with van der Waals surface area (Å²) < 4.78 is 42.7. The number of fused-ring (bicyclic) bond motifs is 4. The number of sulfonamides is 1. The van der Waals surface area contributed by atoms with Gasteiger partial charge in [0.15, 0.2) is 5.78 Å². The van der Waals surface area contributed by atoms with E-state index in [0.29, 0.717) is 57.7 Å². The topological polar surface area (TPSA) is 156 Å². The fourth-order valence-corrected chi connectivity index (χ4v) is 14.4. The summed E-state index contributed by atoms with van der Waals surface area (Å²) >= 11 is 7.33. The Bertz CT molecular complexity index is 5000. The summed E-state index contributed by atoms with van der Waals surface area (Å²) in [5.41, 5.74) is 23.4. The number of rotatable bonds is 32. The van der Waals surface area contributed by atoms with Crippen molar-refractivity contribution in [1.82, 2.24) is 9.73 Å². The Kier molecular flexibility index (Phi) is 54.9. The van der Waals surface area contributed by atoms with Gasteiger partial charge in [-0.25, -0.2) is 0 Å². The van der Waals surface area contributed by atoms with Gasteiger partial charge in [0.05, 0.1) is 17.2 Å².